The van der Waals surface area contributed by atoms with Gasteiger partial charge in [-0.1, -0.05) is 26.0 Å². The van der Waals surface area contributed by atoms with Gasteiger partial charge in [0, 0.05) is 20.1 Å². The minimum absolute atomic E-state index is 0.00698. The van der Waals surface area contributed by atoms with Crippen molar-refractivity contribution in [3.05, 3.63) is 29.8 Å². The fourth-order valence-corrected chi connectivity index (χ4v) is 3.06. The van der Waals surface area contributed by atoms with Crippen LogP contribution in [-0.2, 0) is 4.79 Å². The third kappa shape index (κ3) is 5.64. The van der Waals surface area contributed by atoms with Gasteiger partial charge in [-0.2, -0.15) is 0 Å². The zero-order chi connectivity index (χ0) is 19.1. The van der Waals surface area contributed by atoms with Gasteiger partial charge in [0.05, 0.1) is 18.6 Å². The largest absolute Gasteiger partial charge is 0.493 e. The number of nitrogens with zero attached hydrogens (tertiary/aromatic N) is 1. The molecule has 0 aliphatic carbocycles. The van der Waals surface area contributed by atoms with Crippen LogP contribution in [0.25, 0.3) is 0 Å². The fraction of sp³-hybridized carbons (Fsp3) is 0.600. The molecule has 144 valence electrons. The molecule has 1 heterocycles. The van der Waals surface area contributed by atoms with E-state index >= 15 is 0 Å². The monoisotopic (exact) mass is 361 g/mol. The second-order valence-electron chi connectivity index (χ2n) is 7.34. The summed E-state index contributed by atoms with van der Waals surface area (Å²) in [5.74, 6) is 1.21. The van der Waals surface area contributed by atoms with Crippen molar-refractivity contribution in [3.8, 4) is 5.75 Å². The molecule has 1 aromatic carbocycles. The summed E-state index contributed by atoms with van der Waals surface area (Å²) >= 11 is 0. The molecular weight excluding hydrogens is 330 g/mol. The van der Waals surface area contributed by atoms with E-state index in [1.54, 1.807) is 11.9 Å². The number of nitrogens with one attached hydrogen (secondary N) is 2. The number of piperidine rings is 1. The number of ether oxygens (including phenoxy) is 1. The van der Waals surface area contributed by atoms with Gasteiger partial charge in [-0.3, -0.25) is 4.79 Å². The van der Waals surface area contributed by atoms with Crippen molar-refractivity contribution < 1.29 is 14.3 Å². The minimum Gasteiger partial charge on any atom is -0.493 e. The Morgan fingerprint density at radius 1 is 1.23 bits per heavy atom. The number of amides is 3. The molecule has 2 atom stereocenters. The zero-order valence-electron chi connectivity index (χ0n) is 16.2. The molecule has 3 amide bonds. The van der Waals surface area contributed by atoms with Crippen molar-refractivity contribution in [2.24, 2.45) is 11.8 Å². The number of carbonyl (C=O) groups excluding carboxylic acids is 2. The van der Waals surface area contributed by atoms with Gasteiger partial charge >= 0.3 is 6.03 Å². The Kier molecular flexibility index (Phi) is 7.30. The SMILES string of the molecule is CNC(=O)C1CCCN(C(=O)NC(C)c2ccc(OCC(C)C)cc2)C1. The van der Waals surface area contributed by atoms with E-state index in [0.29, 0.717) is 25.6 Å². The van der Waals surface area contributed by atoms with Gasteiger partial charge in [0.1, 0.15) is 5.75 Å². The summed E-state index contributed by atoms with van der Waals surface area (Å²) < 4.78 is 5.69. The lowest BCUT2D eigenvalue weighted by molar-refractivity contribution is -0.125. The molecule has 2 N–H and O–H groups in total. The summed E-state index contributed by atoms with van der Waals surface area (Å²) in [5, 5.41) is 5.70. The van der Waals surface area contributed by atoms with Crippen LogP contribution in [0.4, 0.5) is 4.79 Å². The molecule has 0 radical (unpaired) electrons. The van der Waals surface area contributed by atoms with Crippen LogP contribution >= 0.6 is 0 Å². The molecular formula is C20H31N3O3. The van der Waals surface area contributed by atoms with Crippen molar-refractivity contribution >= 4 is 11.9 Å². The average molecular weight is 361 g/mol. The Bertz CT molecular complexity index is 601. The number of benzene rings is 1. The molecule has 6 nitrogen and oxygen atoms in total. The van der Waals surface area contributed by atoms with Crippen LogP contribution in [0.3, 0.4) is 0 Å². The predicted molar refractivity (Wildman–Crippen MR) is 102 cm³/mol. The first-order valence-corrected chi connectivity index (χ1v) is 9.40. The van der Waals surface area contributed by atoms with Crippen molar-refractivity contribution in [3.63, 3.8) is 0 Å². The molecule has 26 heavy (non-hydrogen) atoms. The smallest absolute Gasteiger partial charge is 0.317 e. The van der Waals surface area contributed by atoms with E-state index < -0.39 is 0 Å². The van der Waals surface area contributed by atoms with E-state index in [9.17, 15) is 9.59 Å². The Hall–Kier alpha value is -2.24. The second-order valence-corrected chi connectivity index (χ2v) is 7.34. The van der Waals surface area contributed by atoms with Crippen LogP contribution < -0.4 is 15.4 Å². The van der Waals surface area contributed by atoms with Crippen LogP contribution in [-0.4, -0.2) is 43.6 Å². The number of hydrogen-bond donors (Lipinski definition) is 2. The van der Waals surface area contributed by atoms with Crippen LogP contribution in [0.1, 0.15) is 45.2 Å². The highest BCUT2D eigenvalue weighted by Gasteiger charge is 2.28. The Balaban J connectivity index is 1.89. The van der Waals surface area contributed by atoms with Gasteiger partial charge < -0.3 is 20.3 Å². The molecule has 6 heteroatoms. The Morgan fingerprint density at radius 2 is 1.92 bits per heavy atom. The van der Waals surface area contributed by atoms with Gasteiger partial charge in [-0.05, 0) is 43.4 Å². The Morgan fingerprint density at radius 3 is 2.54 bits per heavy atom. The minimum atomic E-state index is -0.119. The summed E-state index contributed by atoms with van der Waals surface area (Å²) in [7, 11) is 1.64. The maximum absolute atomic E-state index is 12.5. The van der Waals surface area contributed by atoms with Crippen molar-refractivity contribution in [1.29, 1.82) is 0 Å². The van der Waals surface area contributed by atoms with Gasteiger partial charge in [0.15, 0.2) is 0 Å². The molecule has 0 bridgehead atoms. The molecule has 0 saturated carbocycles. The second kappa shape index (κ2) is 9.46. The van der Waals surface area contributed by atoms with Crippen molar-refractivity contribution in [2.45, 2.75) is 39.7 Å². The quantitative estimate of drug-likeness (QED) is 0.818. The normalized spacial score (nSPS) is 18.3. The van der Waals surface area contributed by atoms with Gasteiger partial charge in [0.25, 0.3) is 0 Å². The van der Waals surface area contributed by atoms with Gasteiger partial charge in [0.2, 0.25) is 5.91 Å². The molecule has 1 aliphatic heterocycles. The van der Waals surface area contributed by atoms with Gasteiger partial charge in [-0.25, -0.2) is 4.79 Å². The molecule has 1 aromatic rings. The van der Waals surface area contributed by atoms with E-state index in [0.717, 1.165) is 24.2 Å². The van der Waals surface area contributed by atoms with E-state index in [4.69, 9.17) is 4.74 Å². The highest BCUT2D eigenvalue weighted by molar-refractivity contribution is 5.80. The van der Waals surface area contributed by atoms with Crippen molar-refractivity contribution in [2.75, 3.05) is 26.7 Å². The lowest BCUT2D eigenvalue weighted by Crippen LogP contribution is -2.49. The zero-order valence-corrected chi connectivity index (χ0v) is 16.2. The summed E-state index contributed by atoms with van der Waals surface area (Å²) in [5.41, 5.74) is 1.02. The van der Waals surface area contributed by atoms with E-state index in [1.807, 2.05) is 31.2 Å². The first kappa shape index (κ1) is 20.1. The number of urea groups is 1. The molecule has 0 aromatic heterocycles. The summed E-state index contributed by atoms with van der Waals surface area (Å²) in [6.07, 6.45) is 1.68. The van der Waals surface area contributed by atoms with E-state index in [-0.39, 0.29) is 23.9 Å². The lowest BCUT2D eigenvalue weighted by Gasteiger charge is -2.32. The summed E-state index contributed by atoms with van der Waals surface area (Å²) in [4.78, 5) is 26.1. The van der Waals surface area contributed by atoms with E-state index in [2.05, 4.69) is 24.5 Å². The van der Waals surface area contributed by atoms with Crippen LogP contribution in [0.2, 0.25) is 0 Å². The maximum Gasteiger partial charge on any atom is 0.317 e. The Labute approximate surface area is 156 Å². The molecule has 1 aliphatic rings. The first-order valence-electron chi connectivity index (χ1n) is 9.40. The summed E-state index contributed by atoms with van der Waals surface area (Å²) in [6, 6.07) is 7.59. The molecule has 2 unspecified atom stereocenters. The highest BCUT2D eigenvalue weighted by Crippen LogP contribution is 2.20. The van der Waals surface area contributed by atoms with Crippen LogP contribution in [0.15, 0.2) is 24.3 Å². The van der Waals surface area contributed by atoms with Crippen LogP contribution in [0, 0.1) is 11.8 Å². The molecule has 1 fully saturated rings. The van der Waals surface area contributed by atoms with E-state index in [1.165, 1.54) is 0 Å². The lowest BCUT2D eigenvalue weighted by atomic mass is 9.97. The average Bonchev–Trinajstić information content (AvgIpc) is 2.66. The number of rotatable bonds is 6. The fourth-order valence-electron chi connectivity index (χ4n) is 3.06. The number of carbonyl (C=O) groups is 2. The third-order valence-corrected chi connectivity index (χ3v) is 4.63. The highest BCUT2D eigenvalue weighted by atomic mass is 16.5. The van der Waals surface area contributed by atoms with Crippen molar-refractivity contribution in [1.82, 2.24) is 15.5 Å². The topological polar surface area (TPSA) is 70.7 Å². The molecule has 1 saturated heterocycles. The van der Waals surface area contributed by atoms with Gasteiger partial charge in [-0.15, -0.1) is 0 Å². The van der Waals surface area contributed by atoms with Crippen LogP contribution in [0.5, 0.6) is 5.75 Å². The number of hydrogen-bond acceptors (Lipinski definition) is 3. The standard InChI is InChI=1S/C20H31N3O3/c1-14(2)13-26-18-9-7-16(8-10-18)15(3)22-20(25)23-11-5-6-17(12-23)19(24)21-4/h7-10,14-15,17H,5-6,11-13H2,1-4H3,(H,21,24)(H,22,25). The molecule has 2 rings (SSSR count). The third-order valence-electron chi connectivity index (χ3n) is 4.63. The maximum atomic E-state index is 12.5. The predicted octanol–water partition coefficient (Wildman–Crippen LogP) is 2.95. The number of likely N-dealkylation sites (tertiary alicyclic amines) is 1. The summed E-state index contributed by atoms with van der Waals surface area (Å²) in [6.45, 7) is 8.03. The first-order chi connectivity index (χ1) is 12.4. The molecule has 0 spiro atoms.